The second kappa shape index (κ2) is 4.47. The predicted octanol–water partition coefficient (Wildman–Crippen LogP) is 3.58. The Hall–Kier alpha value is -1.31. The van der Waals surface area contributed by atoms with Gasteiger partial charge < -0.3 is 5.11 Å². The summed E-state index contributed by atoms with van der Waals surface area (Å²) >= 11 is 5.56. The fourth-order valence-electron chi connectivity index (χ4n) is 1.46. The largest absolute Gasteiger partial charge is 0.373 e. The zero-order chi connectivity index (χ0) is 10.7. The zero-order valence-electron chi connectivity index (χ0n) is 8.10. The van der Waals surface area contributed by atoms with Crippen molar-refractivity contribution in [1.29, 1.82) is 0 Å². The Kier molecular flexibility index (Phi) is 3.05. The van der Waals surface area contributed by atoms with Gasteiger partial charge in [0, 0.05) is 0 Å². The van der Waals surface area contributed by atoms with Crippen LogP contribution in [0.4, 0.5) is 0 Å². The Bertz CT molecular complexity index is 420. The van der Waals surface area contributed by atoms with Crippen molar-refractivity contribution >= 4 is 11.6 Å². The molecule has 0 amide bonds. The van der Waals surface area contributed by atoms with E-state index in [1.807, 2.05) is 54.6 Å². The average molecular weight is 219 g/mol. The molecule has 0 saturated heterocycles. The maximum atomic E-state index is 9.15. The Balaban J connectivity index is 2.32. The lowest BCUT2D eigenvalue weighted by Crippen LogP contribution is -1.87. The maximum absolute atomic E-state index is 9.15. The summed E-state index contributed by atoms with van der Waals surface area (Å²) in [6.45, 7) is 0. The van der Waals surface area contributed by atoms with Crippen LogP contribution in [0.5, 0.6) is 0 Å². The van der Waals surface area contributed by atoms with Crippen molar-refractivity contribution in [2.75, 3.05) is 0 Å². The molecule has 2 aromatic rings. The lowest BCUT2D eigenvalue weighted by Gasteiger charge is -2.05. The molecular weight excluding hydrogens is 208 g/mol. The number of rotatable bonds is 2. The highest BCUT2D eigenvalue weighted by atomic mass is 35.5. The van der Waals surface area contributed by atoms with Crippen LogP contribution in [0.15, 0.2) is 54.6 Å². The molecule has 0 aliphatic rings. The summed E-state index contributed by atoms with van der Waals surface area (Å²) in [5.41, 5.74) is 2.08. The number of aliphatic hydroxyl groups is 1. The molecule has 2 aromatic carbocycles. The number of benzene rings is 2. The highest BCUT2D eigenvalue weighted by Gasteiger charge is 2.02. The van der Waals surface area contributed by atoms with Crippen LogP contribution in [-0.4, -0.2) is 5.11 Å². The molecule has 76 valence electrons. The summed E-state index contributed by atoms with van der Waals surface area (Å²) in [5.74, 6) is 0. The maximum Gasteiger partial charge on any atom is 0.153 e. The van der Waals surface area contributed by atoms with Crippen LogP contribution in [0.25, 0.3) is 11.1 Å². The van der Waals surface area contributed by atoms with E-state index in [1.165, 1.54) is 0 Å². The van der Waals surface area contributed by atoms with Crippen molar-refractivity contribution in [2.24, 2.45) is 0 Å². The SMILES string of the molecule is OC(Cl)c1ccc(-c2ccccc2)cc1. The van der Waals surface area contributed by atoms with Crippen LogP contribution in [0, 0.1) is 0 Å². The van der Waals surface area contributed by atoms with E-state index in [-0.39, 0.29) is 0 Å². The Morgan fingerprint density at radius 1 is 0.800 bits per heavy atom. The van der Waals surface area contributed by atoms with Crippen molar-refractivity contribution in [2.45, 2.75) is 5.56 Å². The van der Waals surface area contributed by atoms with Crippen molar-refractivity contribution < 1.29 is 5.11 Å². The van der Waals surface area contributed by atoms with Gasteiger partial charge in [-0.25, -0.2) is 0 Å². The summed E-state index contributed by atoms with van der Waals surface area (Å²) in [6.07, 6.45) is 0. The van der Waals surface area contributed by atoms with Gasteiger partial charge in [0.2, 0.25) is 0 Å². The molecule has 0 radical (unpaired) electrons. The van der Waals surface area contributed by atoms with Crippen molar-refractivity contribution in [3.8, 4) is 11.1 Å². The number of hydrogen-bond donors (Lipinski definition) is 1. The Morgan fingerprint density at radius 3 is 1.87 bits per heavy atom. The highest BCUT2D eigenvalue weighted by molar-refractivity contribution is 6.19. The standard InChI is InChI=1S/C13H11ClO/c14-13(15)12-8-6-11(7-9-12)10-4-2-1-3-5-10/h1-9,13,15H. The first-order chi connectivity index (χ1) is 7.27. The van der Waals surface area contributed by atoms with Crippen LogP contribution < -0.4 is 0 Å². The van der Waals surface area contributed by atoms with E-state index in [2.05, 4.69) is 0 Å². The minimum Gasteiger partial charge on any atom is -0.373 e. The molecule has 0 heterocycles. The van der Waals surface area contributed by atoms with Crippen molar-refractivity contribution in [1.82, 2.24) is 0 Å². The molecule has 2 heteroatoms. The fourth-order valence-corrected chi connectivity index (χ4v) is 1.61. The third kappa shape index (κ3) is 2.38. The van der Waals surface area contributed by atoms with Crippen molar-refractivity contribution in [3.05, 3.63) is 60.2 Å². The van der Waals surface area contributed by atoms with Gasteiger partial charge in [-0.05, 0) is 16.7 Å². The van der Waals surface area contributed by atoms with Crippen LogP contribution >= 0.6 is 11.6 Å². The minimum atomic E-state index is -0.921. The molecule has 0 spiro atoms. The summed E-state index contributed by atoms with van der Waals surface area (Å²) in [7, 11) is 0. The van der Waals surface area contributed by atoms with E-state index < -0.39 is 5.56 Å². The molecule has 2 rings (SSSR count). The highest BCUT2D eigenvalue weighted by Crippen LogP contribution is 2.22. The van der Waals surface area contributed by atoms with Crippen LogP contribution in [-0.2, 0) is 0 Å². The Labute approximate surface area is 94.0 Å². The molecule has 0 aliphatic carbocycles. The molecule has 0 saturated carbocycles. The van der Waals surface area contributed by atoms with Gasteiger partial charge in [0.1, 0.15) is 0 Å². The van der Waals surface area contributed by atoms with Gasteiger partial charge in [-0.15, -0.1) is 0 Å². The van der Waals surface area contributed by atoms with E-state index in [4.69, 9.17) is 16.7 Å². The first kappa shape index (κ1) is 10.2. The van der Waals surface area contributed by atoms with Gasteiger partial charge in [0.05, 0.1) is 0 Å². The lowest BCUT2D eigenvalue weighted by molar-refractivity contribution is 0.263. The fraction of sp³-hybridized carbons (Fsp3) is 0.0769. The molecule has 0 fully saturated rings. The molecule has 1 atom stereocenters. The number of aliphatic hydroxyl groups excluding tert-OH is 1. The van der Waals surface area contributed by atoms with E-state index in [1.54, 1.807) is 0 Å². The molecular formula is C13H11ClO. The summed E-state index contributed by atoms with van der Waals surface area (Å²) < 4.78 is 0. The van der Waals surface area contributed by atoms with Gasteiger partial charge in [-0.2, -0.15) is 0 Å². The molecule has 1 nitrogen and oxygen atoms in total. The van der Waals surface area contributed by atoms with Gasteiger partial charge in [0.25, 0.3) is 0 Å². The summed E-state index contributed by atoms with van der Waals surface area (Å²) in [6, 6.07) is 17.7. The first-order valence-electron chi connectivity index (χ1n) is 4.75. The molecule has 0 bridgehead atoms. The van der Waals surface area contributed by atoms with E-state index in [0.717, 1.165) is 16.7 Å². The first-order valence-corrected chi connectivity index (χ1v) is 5.18. The Morgan fingerprint density at radius 2 is 1.33 bits per heavy atom. The molecule has 1 unspecified atom stereocenters. The smallest absolute Gasteiger partial charge is 0.153 e. The lowest BCUT2D eigenvalue weighted by atomic mass is 10.0. The van der Waals surface area contributed by atoms with E-state index in [0.29, 0.717) is 0 Å². The molecule has 0 aliphatic heterocycles. The summed E-state index contributed by atoms with van der Waals surface area (Å²) in [5, 5.41) is 9.15. The minimum absolute atomic E-state index is 0.719. The second-order valence-electron chi connectivity index (χ2n) is 3.32. The van der Waals surface area contributed by atoms with Gasteiger partial charge in [-0.3, -0.25) is 0 Å². The third-order valence-electron chi connectivity index (χ3n) is 2.29. The van der Waals surface area contributed by atoms with E-state index >= 15 is 0 Å². The number of halogens is 1. The van der Waals surface area contributed by atoms with Crippen LogP contribution in [0.2, 0.25) is 0 Å². The van der Waals surface area contributed by atoms with E-state index in [9.17, 15) is 0 Å². The van der Waals surface area contributed by atoms with Crippen LogP contribution in [0.3, 0.4) is 0 Å². The average Bonchev–Trinajstić information content (AvgIpc) is 2.30. The molecule has 1 N–H and O–H groups in total. The normalized spacial score (nSPS) is 12.4. The van der Waals surface area contributed by atoms with Gasteiger partial charge in [-0.1, -0.05) is 66.2 Å². The third-order valence-corrected chi connectivity index (χ3v) is 2.54. The van der Waals surface area contributed by atoms with Gasteiger partial charge in [0.15, 0.2) is 5.56 Å². The topological polar surface area (TPSA) is 20.2 Å². The predicted molar refractivity (Wildman–Crippen MR) is 62.7 cm³/mol. The van der Waals surface area contributed by atoms with Crippen molar-refractivity contribution in [3.63, 3.8) is 0 Å². The van der Waals surface area contributed by atoms with Gasteiger partial charge >= 0.3 is 0 Å². The number of hydrogen-bond acceptors (Lipinski definition) is 1. The van der Waals surface area contributed by atoms with Crippen LogP contribution in [0.1, 0.15) is 11.1 Å². The molecule has 0 aromatic heterocycles. The number of alkyl halides is 1. The second-order valence-corrected chi connectivity index (χ2v) is 3.74. The summed E-state index contributed by atoms with van der Waals surface area (Å²) in [4.78, 5) is 0. The zero-order valence-corrected chi connectivity index (χ0v) is 8.85. The quantitative estimate of drug-likeness (QED) is 0.764. The molecule has 15 heavy (non-hydrogen) atoms. The monoisotopic (exact) mass is 218 g/mol.